The number of para-hydroxylation sites is 2. The normalized spacial score (nSPS) is 23.3. The van der Waals surface area contributed by atoms with Crippen LogP contribution in [0, 0.1) is 5.92 Å². The third-order valence-corrected chi connectivity index (χ3v) is 6.14. The Balaban J connectivity index is 1.61. The van der Waals surface area contributed by atoms with Gasteiger partial charge in [0.15, 0.2) is 0 Å². The first-order valence-corrected chi connectivity index (χ1v) is 10.3. The van der Waals surface area contributed by atoms with Gasteiger partial charge in [0.1, 0.15) is 5.78 Å². The average Bonchev–Trinajstić information content (AvgIpc) is 2.91. The maximum Gasteiger partial charge on any atom is 0.144 e. The fraction of sp³-hybridized carbons (Fsp3) is 0.200. The van der Waals surface area contributed by atoms with E-state index < -0.39 is 0 Å². The van der Waals surface area contributed by atoms with E-state index >= 15 is 0 Å². The van der Waals surface area contributed by atoms with Crippen molar-refractivity contribution in [1.29, 1.82) is 0 Å². The van der Waals surface area contributed by atoms with Crippen LogP contribution in [0.15, 0.2) is 83.9 Å². The van der Waals surface area contributed by atoms with E-state index in [-0.39, 0.29) is 23.7 Å². The molecule has 1 N–H and O–H groups in total. The molecule has 144 valence electrons. The molecule has 3 aromatic rings. The molecule has 0 radical (unpaired) electrons. The Hall–Kier alpha value is -2.91. The maximum atomic E-state index is 13.4. The van der Waals surface area contributed by atoms with Gasteiger partial charge < -0.3 is 5.32 Å². The molecular formula is C25H21ClN2O. The Morgan fingerprint density at radius 3 is 2.45 bits per heavy atom. The Bertz CT molecular complexity index is 1090. The summed E-state index contributed by atoms with van der Waals surface area (Å²) in [5.74, 6) is 0.110. The summed E-state index contributed by atoms with van der Waals surface area (Å²) in [6.07, 6.45) is 1.32. The van der Waals surface area contributed by atoms with Crippen LogP contribution in [0.4, 0.5) is 11.4 Å². The summed E-state index contributed by atoms with van der Waals surface area (Å²) in [5, 5.41) is 4.27. The molecule has 3 atom stereocenters. The minimum atomic E-state index is -0.291. The highest BCUT2D eigenvalue weighted by Gasteiger charge is 2.41. The lowest BCUT2D eigenvalue weighted by Gasteiger charge is -2.34. The zero-order valence-electron chi connectivity index (χ0n) is 15.9. The van der Waals surface area contributed by atoms with Gasteiger partial charge in [-0.25, -0.2) is 0 Å². The number of Topliss-reactive ketones (excluding diaryl/α,β-unsaturated/α-hetero) is 1. The fourth-order valence-corrected chi connectivity index (χ4v) is 4.73. The highest BCUT2D eigenvalue weighted by atomic mass is 35.5. The number of nitrogens with one attached hydrogen (secondary N) is 1. The van der Waals surface area contributed by atoms with Crippen molar-refractivity contribution < 1.29 is 4.79 Å². The number of nitrogens with zero attached hydrogens (tertiary/aromatic N) is 1. The average molecular weight is 401 g/mol. The number of hydrogen-bond donors (Lipinski definition) is 1. The van der Waals surface area contributed by atoms with Crippen LogP contribution in [0.25, 0.3) is 0 Å². The molecule has 2 aliphatic rings. The van der Waals surface area contributed by atoms with Crippen molar-refractivity contribution in [2.75, 3.05) is 5.32 Å². The fourth-order valence-electron chi connectivity index (χ4n) is 4.54. The van der Waals surface area contributed by atoms with E-state index in [0.717, 1.165) is 29.1 Å². The second-order valence-electron chi connectivity index (χ2n) is 7.76. The SMILES string of the molecule is O=C1CC(c2ccccc2)CC2=Nc3ccccc3NC(c3cccc(Cl)c3)C12. The zero-order valence-corrected chi connectivity index (χ0v) is 16.6. The molecule has 0 spiro atoms. The highest BCUT2D eigenvalue weighted by Crippen LogP contribution is 2.44. The number of ketones is 1. The van der Waals surface area contributed by atoms with E-state index in [0.29, 0.717) is 11.4 Å². The van der Waals surface area contributed by atoms with Crippen molar-refractivity contribution in [2.45, 2.75) is 24.8 Å². The highest BCUT2D eigenvalue weighted by molar-refractivity contribution is 6.30. The Morgan fingerprint density at radius 2 is 1.62 bits per heavy atom. The van der Waals surface area contributed by atoms with Crippen molar-refractivity contribution in [2.24, 2.45) is 10.9 Å². The number of carbonyl (C=O) groups excluding carboxylic acids is 1. The van der Waals surface area contributed by atoms with E-state index in [1.165, 1.54) is 5.56 Å². The van der Waals surface area contributed by atoms with Crippen molar-refractivity contribution in [3.05, 3.63) is 95.0 Å². The number of anilines is 1. The topological polar surface area (TPSA) is 41.5 Å². The van der Waals surface area contributed by atoms with E-state index in [9.17, 15) is 4.79 Å². The van der Waals surface area contributed by atoms with Gasteiger partial charge in [0.05, 0.1) is 23.3 Å². The number of hydrogen-bond acceptors (Lipinski definition) is 3. The van der Waals surface area contributed by atoms with E-state index in [4.69, 9.17) is 16.6 Å². The molecule has 1 aliphatic carbocycles. The van der Waals surface area contributed by atoms with Crippen LogP contribution >= 0.6 is 11.6 Å². The van der Waals surface area contributed by atoms with Crippen LogP contribution in [-0.2, 0) is 4.79 Å². The molecule has 3 unspecified atom stereocenters. The lowest BCUT2D eigenvalue weighted by Crippen LogP contribution is -2.38. The molecule has 0 amide bonds. The minimum Gasteiger partial charge on any atom is -0.375 e. The monoisotopic (exact) mass is 400 g/mol. The van der Waals surface area contributed by atoms with Gasteiger partial charge in [-0.1, -0.05) is 66.2 Å². The molecule has 4 heteroatoms. The van der Waals surface area contributed by atoms with Gasteiger partial charge in [0.2, 0.25) is 0 Å². The number of benzene rings is 3. The predicted molar refractivity (Wildman–Crippen MR) is 118 cm³/mol. The van der Waals surface area contributed by atoms with Crippen LogP contribution < -0.4 is 5.32 Å². The van der Waals surface area contributed by atoms with Gasteiger partial charge in [0, 0.05) is 17.2 Å². The minimum absolute atomic E-state index is 0.170. The van der Waals surface area contributed by atoms with Gasteiger partial charge in [0.25, 0.3) is 0 Å². The Kier molecular flexibility index (Phi) is 4.69. The van der Waals surface area contributed by atoms with Crippen LogP contribution in [0.1, 0.15) is 35.9 Å². The smallest absolute Gasteiger partial charge is 0.144 e. The quantitative estimate of drug-likeness (QED) is 0.545. The molecule has 3 aromatic carbocycles. The molecule has 0 aromatic heterocycles. The summed E-state index contributed by atoms with van der Waals surface area (Å²) in [6, 6.07) is 25.9. The van der Waals surface area contributed by atoms with Crippen molar-refractivity contribution in [3.8, 4) is 0 Å². The third-order valence-electron chi connectivity index (χ3n) is 5.90. The first-order chi connectivity index (χ1) is 14.2. The molecule has 1 saturated carbocycles. The molecule has 1 fully saturated rings. The van der Waals surface area contributed by atoms with Crippen molar-refractivity contribution in [3.63, 3.8) is 0 Å². The molecule has 0 saturated heterocycles. The summed E-state index contributed by atoms with van der Waals surface area (Å²) in [5.41, 5.74) is 5.00. The van der Waals surface area contributed by atoms with Gasteiger partial charge in [-0.2, -0.15) is 0 Å². The molecule has 5 rings (SSSR count). The molecule has 29 heavy (non-hydrogen) atoms. The van der Waals surface area contributed by atoms with E-state index in [1.54, 1.807) is 0 Å². The van der Waals surface area contributed by atoms with Crippen LogP contribution in [-0.4, -0.2) is 11.5 Å². The second-order valence-corrected chi connectivity index (χ2v) is 8.19. The summed E-state index contributed by atoms with van der Waals surface area (Å²) in [7, 11) is 0. The van der Waals surface area contributed by atoms with Gasteiger partial charge in [-0.05, 0) is 47.7 Å². The van der Waals surface area contributed by atoms with Gasteiger partial charge >= 0.3 is 0 Å². The number of aliphatic imine (C=N–C) groups is 1. The van der Waals surface area contributed by atoms with Gasteiger partial charge in [-0.15, -0.1) is 0 Å². The second kappa shape index (κ2) is 7.49. The standard InChI is InChI=1S/C25H21ClN2O/c26-19-10-6-9-17(13-19)25-24-22(27-20-11-4-5-12-21(20)28-25)14-18(15-23(24)29)16-7-2-1-3-8-16/h1-13,18,24-25,28H,14-15H2. The molecule has 1 heterocycles. The Morgan fingerprint density at radius 1 is 0.862 bits per heavy atom. The summed E-state index contributed by atoms with van der Waals surface area (Å²) in [6.45, 7) is 0. The summed E-state index contributed by atoms with van der Waals surface area (Å²) in [4.78, 5) is 18.4. The lowest BCUT2D eigenvalue weighted by atomic mass is 9.72. The number of fused-ring (bicyclic) bond motifs is 2. The molecule has 1 aliphatic heterocycles. The number of carbonyl (C=O) groups is 1. The first kappa shape index (κ1) is 18.1. The van der Waals surface area contributed by atoms with Crippen molar-refractivity contribution >= 4 is 34.5 Å². The lowest BCUT2D eigenvalue weighted by molar-refractivity contribution is -0.122. The first-order valence-electron chi connectivity index (χ1n) is 9.95. The van der Waals surface area contributed by atoms with E-state index in [1.807, 2.05) is 66.7 Å². The van der Waals surface area contributed by atoms with Crippen LogP contribution in [0.5, 0.6) is 0 Å². The number of halogens is 1. The van der Waals surface area contributed by atoms with Crippen LogP contribution in [0.3, 0.4) is 0 Å². The Labute approximate surface area is 175 Å². The van der Waals surface area contributed by atoms with Crippen LogP contribution in [0.2, 0.25) is 5.02 Å². The summed E-state index contributed by atoms with van der Waals surface area (Å²) < 4.78 is 0. The largest absolute Gasteiger partial charge is 0.375 e. The maximum absolute atomic E-state index is 13.4. The number of rotatable bonds is 2. The molecular weight excluding hydrogens is 380 g/mol. The third kappa shape index (κ3) is 3.47. The van der Waals surface area contributed by atoms with Gasteiger partial charge in [-0.3, -0.25) is 9.79 Å². The predicted octanol–water partition coefficient (Wildman–Crippen LogP) is 6.34. The summed E-state index contributed by atoms with van der Waals surface area (Å²) >= 11 is 6.28. The molecule has 3 nitrogen and oxygen atoms in total. The van der Waals surface area contributed by atoms with Crippen molar-refractivity contribution in [1.82, 2.24) is 0 Å². The van der Waals surface area contributed by atoms with E-state index in [2.05, 4.69) is 17.4 Å². The molecule has 0 bridgehead atoms. The zero-order chi connectivity index (χ0) is 19.8.